The van der Waals surface area contributed by atoms with Gasteiger partial charge < -0.3 is 10.6 Å². The first kappa shape index (κ1) is 16.9. The second-order valence-electron chi connectivity index (χ2n) is 5.34. The van der Waals surface area contributed by atoms with Gasteiger partial charge in [0.05, 0.1) is 11.9 Å². The van der Waals surface area contributed by atoms with Gasteiger partial charge in [0.1, 0.15) is 11.5 Å². The van der Waals surface area contributed by atoms with Crippen molar-refractivity contribution in [3.05, 3.63) is 89.0 Å². The average Bonchev–Trinajstić information content (AvgIpc) is 2.61. The topological polar surface area (TPSA) is 54.0 Å². The molecular weight excluding hydrogens is 341 g/mol. The van der Waals surface area contributed by atoms with Crippen molar-refractivity contribution < 1.29 is 9.18 Å². The molecular formula is C19H15ClFN3O. The highest BCUT2D eigenvalue weighted by Gasteiger charge is 2.08. The molecule has 3 rings (SSSR count). The Balaban J connectivity index is 1.61. The standard InChI is InChI=1S/C19H15ClFN3O/c20-17-7-2-1-4-13(17)11-23-19(25)18-9-8-16(12-22-18)24-15-6-3-5-14(21)10-15/h1-10,12,24H,11H2,(H,23,25). The zero-order valence-electron chi connectivity index (χ0n) is 13.2. The lowest BCUT2D eigenvalue weighted by Gasteiger charge is -2.08. The van der Waals surface area contributed by atoms with Crippen LogP contribution in [0.2, 0.25) is 5.02 Å². The number of hydrogen-bond donors (Lipinski definition) is 2. The Morgan fingerprint density at radius 1 is 1.04 bits per heavy atom. The molecule has 0 saturated carbocycles. The minimum Gasteiger partial charge on any atom is -0.354 e. The molecule has 0 bridgehead atoms. The van der Waals surface area contributed by atoms with E-state index in [1.54, 1.807) is 30.3 Å². The number of hydrogen-bond acceptors (Lipinski definition) is 3. The van der Waals surface area contributed by atoms with E-state index in [2.05, 4.69) is 15.6 Å². The molecule has 0 spiro atoms. The van der Waals surface area contributed by atoms with Crippen LogP contribution in [-0.2, 0) is 6.54 Å². The number of aromatic nitrogens is 1. The SMILES string of the molecule is O=C(NCc1ccccc1Cl)c1ccc(Nc2cccc(F)c2)cn1. The van der Waals surface area contributed by atoms with Crippen LogP contribution in [0.1, 0.15) is 16.1 Å². The molecule has 0 fully saturated rings. The van der Waals surface area contributed by atoms with Crippen LogP contribution in [0.5, 0.6) is 0 Å². The third-order valence-corrected chi connectivity index (χ3v) is 3.88. The predicted molar refractivity (Wildman–Crippen MR) is 96.5 cm³/mol. The van der Waals surface area contributed by atoms with Gasteiger partial charge in [-0.3, -0.25) is 4.79 Å². The molecule has 0 aliphatic rings. The minimum absolute atomic E-state index is 0.289. The summed E-state index contributed by atoms with van der Waals surface area (Å²) >= 11 is 6.06. The summed E-state index contributed by atoms with van der Waals surface area (Å²) in [5, 5.41) is 6.40. The number of anilines is 2. The monoisotopic (exact) mass is 355 g/mol. The van der Waals surface area contributed by atoms with E-state index in [4.69, 9.17) is 11.6 Å². The van der Waals surface area contributed by atoms with E-state index in [9.17, 15) is 9.18 Å². The summed E-state index contributed by atoms with van der Waals surface area (Å²) < 4.78 is 13.2. The average molecular weight is 356 g/mol. The van der Waals surface area contributed by atoms with Crippen LogP contribution in [0, 0.1) is 5.82 Å². The molecule has 0 radical (unpaired) electrons. The summed E-state index contributed by atoms with van der Waals surface area (Å²) in [6, 6.07) is 16.7. The van der Waals surface area contributed by atoms with Gasteiger partial charge in [-0.15, -0.1) is 0 Å². The van der Waals surface area contributed by atoms with Crippen molar-refractivity contribution in [2.24, 2.45) is 0 Å². The fourth-order valence-electron chi connectivity index (χ4n) is 2.24. The van der Waals surface area contributed by atoms with Crippen molar-refractivity contribution in [2.45, 2.75) is 6.54 Å². The van der Waals surface area contributed by atoms with Gasteiger partial charge in [0.25, 0.3) is 5.91 Å². The van der Waals surface area contributed by atoms with Gasteiger partial charge >= 0.3 is 0 Å². The van der Waals surface area contributed by atoms with Crippen molar-refractivity contribution in [2.75, 3.05) is 5.32 Å². The maximum Gasteiger partial charge on any atom is 0.270 e. The van der Waals surface area contributed by atoms with Crippen LogP contribution in [0.3, 0.4) is 0 Å². The van der Waals surface area contributed by atoms with Crippen LogP contribution >= 0.6 is 11.6 Å². The molecule has 2 aromatic carbocycles. The van der Waals surface area contributed by atoms with E-state index < -0.39 is 0 Å². The van der Waals surface area contributed by atoms with Gasteiger partial charge in [-0.05, 0) is 42.0 Å². The van der Waals surface area contributed by atoms with Crippen molar-refractivity contribution in [3.63, 3.8) is 0 Å². The molecule has 2 N–H and O–H groups in total. The summed E-state index contributed by atoms with van der Waals surface area (Å²) in [6.45, 7) is 0.323. The van der Waals surface area contributed by atoms with Crippen molar-refractivity contribution in [1.29, 1.82) is 0 Å². The zero-order valence-corrected chi connectivity index (χ0v) is 13.9. The highest BCUT2D eigenvalue weighted by molar-refractivity contribution is 6.31. The molecule has 1 amide bonds. The Hall–Kier alpha value is -2.92. The molecule has 6 heteroatoms. The van der Waals surface area contributed by atoms with Gasteiger partial charge in [0, 0.05) is 17.3 Å². The fourth-order valence-corrected chi connectivity index (χ4v) is 2.45. The van der Waals surface area contributed by atoms with Gasteiger partial charge in [0.15, 0.2) is 0 Å². The summed E-state index contributed by atoms with van der Waals surface area (Å²) in [6.07, 6.45) is 1.52. The van der Waals surface area contributed by atoms with Gasteiger partial charge in [0.2, 0.25) is 0 Å². The molecule has 0 atom stereocenters. The summed E-state index contributed by atoms with van der Waals surface area (Å²) in [5.41, 5.74) is 2.39. The maximum atomic E-state index is 13.2. The Kier molecular flexibility index (Phi) is 5.26. The van der Waals surface area contributed by atoms with Crippen molar-refractivity contribution in [1.82, 2.24) is 10.3 Å². The smallest absolute Gasteiger partial charge is 0.270 e. The number of carbonyl (C=O) groups excluding carboxylic acids is 1. The first-order chi connectivity index (χ1) is 12.1. The maximum absolute atomic E-state index is 13.2. The highest BCUT2D eigenvalue weighted by atomic mass is 35.5. The zero-order chi connectivity index (χ0) is 17.6. The number of carbonyl (C=O) groups is 1. The van der Waals surface area contributed by atoms with E-state index in [-0.39, 0.29) is 17.4 Å². The molecule has 1 aromatic heterocycles. The van der Waals surface area contributed by atoms with Crippen LogP contribution in [0.25, 0.3) is 0 Å². The van der Waals surface area contributed by atoms with E-state index in [0.717, 1.165) is 5.56 Å². The lowest BCUT2D eigenvalue weighted by Crippen LogP contribution is -2.23. The summed E-state index contributed by atoms with van der Waals surface area (Å²) in [5.74, 6) is -0.620. The number of halogens is 2. The van der Waals surface area contributed by atoms with E-state index in [1.165, 1.54) is 18.3 Å². The van der Waals surface area contributed by atoms with Crippen LogP contribution in [-0.4, -0.2) is 10.9 Å². The molecule has 0 unspecified atom stereocenters. The molecule has 1 heterocycles. The molecule has 126 valence electrons. The molecule has 0 aliphatic heterocycles. The lowest BCUT2D eigenvalue weighted by molar-refractivity contribution is 0.0946. The van der Waals surface area contributed by atoms with Gasteiger partial charge in [-0.25, -0.2) is 9.37 Å². The molecule has 4 nitrogen and oxygen atoms in total. The number of amides is 1. The molecule has 0 aliphatic carbocycles. The van der Waals surface area contributed by atoms with Crippen LogP contribution in [0.15, 0.2) is 66.9 Å². The Bertz CT molecular complexity index is 884. The van der Waals surface area contributed by atoms with E-state index in [0.29, 0.717) is 22.9 Å². The number of nitrogens with zero attached hydrogens (tertiary/aromatic N) is 1. The quantitative estimate of drug-likeness (QED) is 0.706. The second-order valence-corrected chi connectivity index (χ2v) is 5.75. The minimum atomic E-state index is -0.325. The van der Waals surface area contributed by atoms with Gasteiger partial charge in [-0.2, -0.15) is 0 Å². The fraction of sp³-hybridized carbons (Fsp3) is 0.0526. The third kappa shape index (κ3) is 4.55. The predicted octanol–water partition coefficient (Wildman–Crippen LogP) is 4.55. The first-order valence-electron chi connectivity index (χ1n) is 7.62. The molecule has 25 heavy (non-hydrogen) atoms. The van der Waals surface area contributed by atoms with E-state index >= 15 is 0 Å². The van der Waals surface area contributed by atoms with Crippen LogP contribution in [0.4, 0.5) is 15.8 Å². The molecule has 3 aromatic rings. The van der Waals surface area contributed by atoms with Gasteiger partial charge in [-0.1, -0.05) is 35.9 Å². The summed E-state index contributed by atoms with van der Waals surface area (Å²) in [7, 11) is 0. The van der Waals surface area contributed by atoms with E-state index in [1.807, 2.05) is 18.2 Å². The summed E-state index contributed by atoms with van der Waals surface area (Å²) in [4.78, 5) is 16.3. The number of benzene rings is 2. The highest BCUT2D eigenvalue weighted by Crippen LogP contribution is 2.17. The van der Waals surface area contributed by atoms with Crippen LogP contribution < -0.4 is 10.6 Å². The first-order valence-corrected chi connectivity index (χ1v) is 8.00. The Morgan fingerprint density at radius 2 is 1.88 bits per heavy atom. The number of rotatable bonds is 5. The van der Waals surface area contributed by atoms with Crippen molar-refractivity contribution >= 4 is 28.9 Å². The Morgan fingerprint density at radius 3 is 2.60 bits per heavy atom. The van der Waals surface area contributed by atoms with Crippen molar-refractivity contribution in [3.8, 4) is 0 Å². The number of pyridine rings is 1. The molecule has 0 saturated heterocycles. The second kappa shape index (κ2) is 7.77. The third-order valence-electron chi connectivity index (χ3n) is 3.51. The number of nitrogens with one attached hydrogen (secondary N) is 2. The Labute approximate surface area is 149 Å². The largest absolute Gasteiger partial charge is 0.354 e. The normalized spacial score (nSPS) is 10.3. The lowest BCUT2D eigenvalue weighted by atomic mass is 10.2.